The predicted octanol–water partition coefficient (Wildman–Crippen LogP) is 5.42. The summed E-state index contributed by atoms with van der Waals surface area (Å²) in [6.07, 6.45) is 6.44. The van der Waals surface area contributed by atoms with Crippen molar-refractivity contribution in [2.75, 3.05) is 13.7 Å². The number of furan rings is 1. The summed E-state index contributed by atoms with van der Waals surface area (Å²) >= 11 is 0. The van der Waals surface area contributed by atoms with E-state index >= 15 is 0 Å². The molecule has 15 nitrogen and oxygen atoms in total. The minimum absolute atomic E-state index is 0.0115. The van der Waals surface area contributed by atoms with E-state index in [1.54, 1.807) is 0 Å². The third-order valence-corrected chi connectivity index (χ3v) is 13.6. The highest BCUT2D eigenvalue weighted by Gasteiger charge is 2.62. The monoisotopic (exact) mass is 826 g/mol. The van der Waals surface area contributed by atoms with Gasteiger partial charge < -0.3 is 29.4 Å². The number of hydrogen-bond donors (Lipinski definition) is 3. The number of carbonyl (C=O) groups is 4. The van der Waals surface area contributed by atoms with Crippen LogP contribution in [0.15, 0.2) is 65.1 Å². The highest BCUT2D eigenvalue weighted by atomic mass is 32.2. The number of hydrogen-bond acceptors (Lipinski definition) is 11. The summed E-state index contributed by atoms with van der Waals surface area (Å²) in [7, 11) is -2.70. The Labute approximate surface area is 342 Å². The van der Waals surface area contributed by atoms with Crippen LogP contribution in [0.5, 0.6) is 5.88 Å². The van der Waals surface area contributed by atoms with Crippen LogP contribution in [-0.4, -0.2) is 89.7 Å². The van der Waals surface area contributed by atoms with Crippen LogP contribution in [0.2, 0.25) is 0 Å². The zero-order chi connectivity index (χ0) is 41.7. The lowest BCUT2D eigenvalue weighted by molar-refractivity contribution is -0.141. The second-order valence-corrected chi connectivity index (χ2v) is 19.1. The number of rotatable bonds is 7. The first-order chi connectivity index (χ1) is 28.2. The Morgan fingerprint density at radius 1 is 1.00 bits per heavy atom. The molecule has 0 unspecified atom stereocenters. The van der Waals surface area contributed by atoms with Crippen LogP contribution in [-0.2, 0) is 34.6 Å². The van der Waals surface area contributed by atoms with Gasteiger partial charge in [0.15, 0.2) is 5.82 Å². The van der Waals surface area contributed by atoms with Crippen molar-refractivity contribution in [1.82, 2.24) is 30.2 Å². The van der Waals surface area contributed by atoms with Gasteiger partial charge in [0.1, 0.15) is 34.8 Å². The SMILES string of the molecule is COC(=O)N[C@H]1CCCCC/C=C\[C@H]2C[C@@]2(C(=O)NS(=O)(=O)C2CC2)NC(=O)[C@@H]2C[C@@H](Oc3nc(-c4ccc(C(C)(C)C)cc4)nc4c3oc3ccccc34)CN2C1=O. The number of para-hydroxylation sites is 1. The molecule has 3 N–H and O–H groups in total. The Morgan fingerprint density at radius 2 is 1.76 bits per heavy atom. The quantitative estimate of drug-likeness (QED) is 0.201. The van der Waals surface area contributed by atoms with E-state index in [9.17, 15) is 27.6 Å². The summed E-state index contributed by atoms with van der Waals surface area (Å²) in [4.78, 5) is 66.5. The third kappa shape index (κ3) is 8.23. The van der Waals surface area contributed by atoms with Crippen LogP contribution in [0.4, 0.5) is 4.79 Å². The molecule has 2 saturated carbocycles. The summed E-state index contributed by atoms with van der Waals surface area (Å²) in [6.45, 7) is 6.33. The van der Waals surface area contributed by atoms with Crippen LogP contribution in [0.3, 0.4) is 0 Å². The molecular formula is C43H50N6O9S. The van der Waals surface area contributed by atoms with Crippen molar-refractivity contribution in [3.8, 4) is 17.3 Å². The first-order valence-electron chi connectivity index (χ1n) is 20.3. The molecule has 5 atom stereocenters. The van der Waals surface area contributed by atoms with Gasteiger partial charge >= 0.3 is 6.09 Å². The van der Waals surface area contributed by atoms with Gasteiger partial charge in [0.2, 0.25) is 27.4 Å². The molecule has 2 aromatic heterocycles. The molecule has 0 radical (unpaired) electrons. The molecule has 8 rings (SSSR count). The summed E-state index contributed by atoms with van der Waals surface area (Å²) in [5, 5.41) is 5.66. The molecule has 312 valence electrons. The van der Waals surface area contributed by atoms with Gasteiger partial charge in [-0.15, -0.1) is 0 Å². The maximum Gasteiger partial charge on any atom is 0.407 e. The number of allylic oxidation sites excluding steroid dienone is 1. The maximum absolute atomic E-state index is 14.5. The van der Waals surface area contributed by atoms with Gasteiger partial charge in [-0.3, -0.25) is 19.1 Å². The van der Waals surface area contributed by atoms with E-state index < -0.39 is 68.7 Å². The fraction of sp³-hybridized carbons (Fsp3) is 0.488. The Kier molecular flexibility index (Phi) is 10.6. The lowest BCUT2D eigenvalue weighted by Crippen LogP contribution is -2.58. The highest BCUT2D eigenvalue weighted by Crippen LogP contribution is 2.46. The summed E-state index contributed by atoms with van der Waals surface area (Å²) < 4.78 is 45.8. The number of fused-ring (bicyclic) bond motifs is 5. The molecule has 2 aliphatic heterocycles. The molecule has 1 saturated heterocycles. The molecule has 4 amide bonds. The Hall–Kier alpha value is -5.51. The van der Waals surface area contributed by atoms with Crippen LogP contribution in [0.25, 0.3) is 33.5 Å². The average Bonchev–Trinajstić information content (AvgIpc) is 4.11. The summed E-state index contributed by atoms with van der Waals surface area (Å²) in [5.74, 6) is -1.90. The molecule has 2 aromatic carbocycles. The zero-order valence-corrected chi connectivity index (χ0v) is 34.5. The van der Waals surface area contributed by atoms with Crippen molar-refractivity contribution in [2.45, 2.75) is 113 Å². The number of aromatic nitrogens is 2. The number of carbonyl (C=O) groups excluding carboxylic acids is 4. The predicted molar refractivity (Wildman–Crippen MR) is 219 cm³/mol. The fourth-order valence-electron chi connectivity index (χ4n) is 8.10. The minimum atomic E-state index is -3.91. The Morgan fingerprint density at radius 3 is 2.49 bits per heavy atom. The smallest absolute Gasteiger partial charge is 0.407 e. The lowest BCUT2D eigenvalue weighted by Gasteiger charge is -2.29. The van der Waals surface area contributed by atoms with Crippen molar-refractivity contribution in [1.29, 1.82) is 0 Å². The number of alkyl carbamates (subject to hydrolysis) is 1. The normalized spacial score (nSPS) is 25.9. The number of nitrogens with zero attached hydrogens (tertiary/aromatic N) is 3. The van der Waals surface area contributed by atoms with E-state index in [-0.39, 0.29) is 30.7 Å². The standard InChI is InChI=1S/C43H50N6O9S/c1-42(2,3)26-18-16-25(17-19-26)36-45-34-30-13-10-11-15-33(30)58-35(34)38(46-36)57-28-22-32-37(50)47-43(40(52)48-59(54,55)29-20-21-29)23-27(43)12-8-6-5-7-9-14-31(44-41(53)56-4)39(51)49(32)24-28/h8,10-13,15-19,27-29,31-32H,5-7,9,14,20-24H2,1-4H3,(H,44,53)(H,47,50)(H,48,52)/b12-8-/t27-,28+,31-,32-,43+/m0/s1. The van der Waals surface area contributed by atoms with Gasteiger partial charge in [-0.25, -0.2) is 18.2 Å². The van der Waals surface area contributed by atoms with Gasteiger partial charge in [0.25, 0.3) is 11.8 Å². The van der Waals surface area contributed by atoms with E-state index in [4.69, 9.17) is 23.9 Å². The van der Waals surface area contributed by atoms with Gasteiger partial charge in [0, 0.05) is 23.3 Å². The number of sulfonamides is 1. The molecular weight excluding hydrogens is 777 g/mol. The first kappa shape index (κ1) is 40.3. The van der Waals surface area contributed by atoms with Gasteiger partial charge in [0.05, 0.1) is 18.9 Å². The molecule has 16 heteroatoms. The molecule has 0 bridgehead atoms. The van der Waals surface area contributed by atoms with Crippen molar-refractivity contribution in [3.05, 3.63) is 66.2 Å². The number of nitrogens with one attached hydrogen (secondary N) is 3. The van der Waals surface area contributed by atoms with E-state index in [1.807, 2.05) is 60.7 Å². The molecule has 2 aliphatic carbocycles. The van der Waals surface area contributed by atoms with Crippen LogP contribution in [0, 0.1) is 5.92 Å². The topological polar surface area (TPSA) is 199 Å². The molecule has 3 fully saturated rings. The minimum Gasteiger partial charge on any atom is -0.470 e. The molecule has 0 spiro atoms. The van der Waals surface area contributed by atoms with E-state index in [0.717, 1.165) is 29.4 Å². The van der Waals surface area contributed by atoms with Crippen LogP contribution >= 0.6 is 0 Å². The second-order valence-electron chi connectivity index (χ2n) is 17.1. The van der Waals surface area contributed by atoms with E-state index in [2.05, 4.69) is 36.1 Å². The Balaban J connectivity index is 1.15. The molecule has 59 heavy (non-hydrogen) atoms. The lowest BCUT2D eigenvalue weighted by atomic mass is 9.87. The van der Waals surface area contributed by atoms with Crippen molar-refractivity contribution >= 4 is 55.9 Å². The molecule has 4 heterocycles. The fourth-order valence-corrected chi connectivity index (χ4v) is 9.46. The summed E-state index contributed by atoms with van der Waals surface area (Å²) in [6, 6.07) is 13.3. The highest BCUT2D eigenvalue weighted by molar-refractivity contribution is 7.91. The van der Waals surface area contributed by atoms with Crippen LogP contribution < -0.4 is 20.1 Å². The maximum atomic E-state index is 14.5. The van der Waals surface area contributed by atoms with E-state index in [1.165, 1.54) is 12.0 Å². The number of methoxy groups -OCH3 is 1. The van der Waals surface area contributed by atoms with Gasteiger partial charge in [-0.05, 0) is 61.6 Å². The molecule has 4 aliphatic rings. The molecule has 4 aromatic rings. The first-order valence-corrected chi connectivity index (χ1v) is 21.9. The van der Waals surface area contributed by atoms with Crippen molar-refractivity contribution in [3.63, 3.8) is 0 Å². The summed E-state index contributed by atoms with van der Waals surface area (Å²) in [5.41, 5.74) is 1.70. The number of amides is 4. The largest absolute Gasteiger partial charge is 0.470 e. The van der Waals surface area contributed by atoms with Crippen molar-refractivity contribution < 1.29 is 41.5 Å². The Bertz CT molecular complexity index is 2440. The van der Waals surface area contributed by atoms with Gasteiger partial charge in [-0.2, -0.15) is 4.98 Å². The van der Waals surface area contributed by atoms with Crippen molar-refractivity contribution in [2.24, 2.45) is 5.92 Å². The zero-order valence-electron chi connectivity index (χ0n) is 33.7. The third-order valence-electron chi connectivity index (χ3n) is 11.8. The number of benzene rings is 2. The number of ether oxygens (including phenoxy) is 2. The van der Waals surface area contributed by atoms with Crippen LogP contribution in [0.1, 0.15) is 84.1 Å². The second kappa shape index (κ2) is 15.6. The van der Waals surface area contributed by atoms with E-state index in [0.29, 0.717) is 54.6 Å². The van der Waals surface area contributed by atoms with Gasteiger partial charge in [-0.1, -0.05) is 82.2 Å². The average molecular weight is 827 g/mol.